The van der Waals surface area contributed by atoms with Crippen LogP contribution in [0, 0.1) is 5.21 Å². The van der Waals surface area contributed by atoms with Crippen LogP contribution in [0.25, 0.3) is 11.4 Å². The highest BCUT2D eigenvalue weighted by atomic mass is 16.8. The summed E-state index contributed by atoms with van der Waals surface area (Å²) < 4.78 is 10.7. The summed E-state index contributed by atoms with van der Waals surface area (Å²) in [5.74, 6) is 1.68. The van der Waals surface area contributed by atoms with Crippen LogP contribution in [0.5, 0.6) is 5.75 Å². The van der Waals surface area contributed by atoms with E-state index in [9.17, 15) is 10.3 Å². The lowest BCUT2D eigenvalue weighted by molar-refractivity contribution is -0.991. The zero-order chi connectivity index (χ0) is 20.4. The van der Waals surface area contributed by atoms with Crippen molar-refractivity contribution in [2.24, 2.45) is 0 Å². The van der Waals surface area contributed by atoms with E-state index in [4.69, 9.17) is 14.5 Å². The molecular formula is C20H22N4O5. The van der Waals surface area contributed by atoms with Gasteiger partial charge in [-0.15, -0.1) is 0 Å². The monoisotopic (exact) mass is 398 g/mol. The number of benzene rings is 2. The molecule has 0 aliphatic carbocycles. The molecule has 0 bridgehead atoms. The van der Waals surface area contributed by atoms with Crippen LogP contribution in [0.3, 0.4) is 0 Å². The molecule has 1 aliphatic rings. The van der Waals surface area contributed by atoms with E-state index >= 15 is 0 Å². The van der Waals surface area contributed by atoms with Gasteiger partial charge in [0.05, 0.1) is 19.3 Å². The van der Waals surface area contributed by atoms with Gasteiger partial charge in [-0.25, -0.2) is 5.21 Å². The fourth-order valence-electron chi connectivity index (χ4n) is 3.53. The van der Waals surface area contributed by atoms with Gasteiger partial charge in [-0.2, -0.15) is 10.2 Å². The number of aliphatic hydroxyl groups excluding tert-OH is 1. The molecule has 2 heterocycles. The van der Waals surface area contributed by atoms with Crippen LogP contribution >= 0.6 is 0 Å². The van der Waals surface area contributed by atoms with Crippen molar-refractivity contribution in [1.29, 1.82) is 0 Å². The third kappa shape index (κ3) is 4.29. The summed E-state index contributed by atoms with van der Waals surface area (Å²) in [4.78, 5) is 6.59. The van der Waals surface area contributed by atoms with E-state index in [1.54, 1.807) is 31.4 Å². The van der Waals surface area contributed by atoms with Crippen molar-refractivity contribution in [2.75, 3.05) is 13.7 Å². The first-order chi connectivity index (χ1) is 14.0. The van der Waals surface area contributed by atoms with E-state index in [0.717, 1.165) is 16.9 Å². The normalized spacial score (nSPS) is 20.7. The van der Waals surface area contributed by atoms with E-state index in [0.29, 0.717) is 31.2 Å². The molecule has 4 rings (SSSR count). The van der Waals surface area contributed by atoms with Gasteiger partial charge in [0, 0.05) is 30.8 Å². The molecule has 9 nitrogen and oxygen atoms in total. The van der Waals surface area contributed by atoms with Crippen LogP contribution in [0.4, 0.5) is 5.69 Å². The predicted octanol–water partition coefficient (Wildman–Crippen LogP) is 1.46. The first-order valence-corrected chi connectivity index (χ1v) is 9.26. The molecule has 1 aromatic heterocycles. The number of methoxy groups -OCH3 is 1. The molecule has 0 radical (unpaired) electrons. The van der Waals surface area contributed by atoms with Crippen molar-refractivity contribution < 1.29 is 24.8 Å². The Labute approximate surface area is 167 Å². The highest BCUT2D eigenvalue weighted by Crippen LogP contribution is 2.33. The topological polar surface area (TPSA) is 119 Å². The number of β-amino-alcohol motifs (C(OH)–C–C–N with tert-alkyl or cyclic N) is 1. The van der Waals surface area contributed by atoms with Crippen molar-refractivity contribution in [1.82, 2.24) is 15.0 Å². The lowest BCUT2D eigenvalue weighted by Crippen LogP contribution is -2.99. The number of hydrogen-bond donors (Lipinski definition) is 3. The van der Waals surface area contributed by atoms with Crippen LogP contribution in [0.15, 0.2) is 53.1 Å². The molecule has 0 spiro atoms. The summed E-state index contributed by atoms with van der Waals surface area (Å²) in [6.45, 7) is 1.02. The van der Waals surface area contributed by atoms with Gasteiger partial charge in [0.25, 0.3) is 0 Å². The fraction of sp³-hybridized carbons (Fsp3) is 0.300. The van der Waals surface area contributed by atoms with Gasteiger partial charge in [0.1, 0.15) is 5.75 Å². The SMILES string of the molecule is COc1ccc(-c2noc([C@H]3C[C@@H](O)CN3Cc3ccc([NH+]([O-])O)cc3)n2)cc1. The molecule has 9 heteroatoms. The van der Waals surface area contributed by atoms with Crippen LogP contribution < -0.4 is 9.96 Å². The van der Waals surface area contributed by atoms with Gasteiger partial charge in [0.15, 0.2) is 5.69 Å². The summed E-state index contributed by atoms with van der Waals surface area (Å²) >= 11 is 0. The van der Waals surface area contributed by atoms with E-state index in [1.165, 1.54) is 0 Å². The van der Waals surface area contributed by atoms with Crippen molar-refractivity contribution >= 4 is 5.69 Å². The number of ether oxygens (including phenoxy) is 1. The van der Waals surface area contributed by atoms with Crippen LogP contribution in [0.2, 0.25) is 0 Å². The largest absolute Gasteiger partial charge is 0.595 e. The van der Waals surface area contributed by atoms with Gasteiger partial charge in [-0.3, -0.25) is 4.90 Å². The zero-order valence-electron chi connectivity index (χ0n) is 15.9. The van der Waals surface area contributed by atoms with E-state index in [-0.39, 0.29) is 11.7 Å². The number of hydrogen-bond acceptors (Lipinski definition) is 8. The van der Waals surface area contributed by atoms with Gasteiger partial charge in [0.2, 0.25) is 11.7 Å². The van der Waals surface area contributed by atoms with Crippen LogP contribution in [-0.4, -0.2) is 45.1 Å². The summed E-state index contributed by atoms with van der Waals surface area (Å²) in [5, 5.41) is 33.4. The Morgan fingerprint density at radius 1 is 1.21 bits per heavy atom. The summed E-state index contributed by atoms with van der Waals surface area (Å²) in [6, 6.07) is 13.9. The van der Waals surface area contributed by atoms with Crippen LogP contribution in [0.1, 0.15) is 23.9 Å². The van der Waals surface area contributed by atoms with E-state index < -0.39 is 11.3 Å². The standard InChI is InChI=1S/C20H22N4O5/c1-28-17-8-4-14(5-9-17)19-21-20(29-22-19)18-10-16(25)12-23(18)11-13-2-6-15(7-3-13)24(26)27/h2-9,16,18,24-26H,10-12H2,1H3/t16-,18-/m1/s1. The molecule has 0 saturated carbocycles. The van der Waals surface area contributed by atoms with Gasteiger partial charge in [-0.1, -0.05) is 17.3 Å². The Kier molecular flexibility index (Phi) is 5.56. The molecule has 0 amide bonds. The molecule has 3 N–H and O–H groups in total. The Hall–Kier alpha value is -2.82. The second-order valence-electron chi connectivity index (χ2n) is 7.02. The number of aromatic nitrogens is 2. The van der Waals surface area contributed by atoms with E-state index in [2.05, 4.69) is 15.0 Å². The maximum Gasteiger partial charge on any atom is 0.244 e. The minimum absolute atomic E-state index is 0.205. The fourth-order valence-corrected chi connectivity index (χ4v) is 3.53. The van der Waals surface area contributed by atoms with Crippen molar-refractivity contribution in [3.05, 3.63) is 65.2 Å². The summed E-state index contributed by atoms with van der Waals surface area (Å²) in [6.07, 6.45) is 0.00639. The molecular weight excluding hydrogens is 376 g/mol. The van der Waals surface area contributed by atoms with Gasteiger partial charge < -0.3 is 19.6 Å². The minimum Gasteiger partial charge on any atom is -0.595 e. The summed E-state index contributed by atoms with van der Waals surface area (Å²) in [5.41, 5.74) is 2.01. The van der Waals surface area contributed by atoms with Crippen molar-refractivity contribution in [2.45, 2.75) is 25.1 Å². The number of quaternary nitrogens is 1. The van der Waals surface area contributed by atoms with E-state index in [1.807, 2.05) is 24.3 Å². The van der Waals surface area contributed by atoms with Crippen LogP contribution in [-0.2, 0) is 6.54 Å². The molecule has 1 unspecified atom stereocenters. The lowest BCUT2D eigenvalue weighted by atomic mass is 10.1. The Morgan fingerprint density at radius 3 is 2.59 bits per heavy atom. The molecule has 2 aromatic carbocycles. The predicted molar refractivity (Wildman–Crippen MR) is 102 cm³/mol. The molecule has 1 aliphatic heterocycles. The first kappa shape index (κ1) is 19.5. The zero-order valence-corrected chi connectivity index (χ0v) is 15.9. The third-order valence-corrected chi connectivity index (χ3v) is 5.04. The maximum absolute atomic E-state index is 11.0. The molecule has 29 heavy (non-hydrogen) atoms. The average molecular weight is 398 g/mol. The highest BCUT2D eigenvalue weighted by molar-refractivity contribution is 5.55. The summed E-state index contributed by atoms with van der Waals surface area (Å²) in [7, 11) is 1.61. The number of rotatable bonds is 6. The molecule has 152 valence electrons. The number of nitrogens with zero attached hydrogens (tertiary/aromatic N) is 3. The molecule has 3 aromatic rings. The minimum atomic E-state index is -0.956. The molecule has 1 fully saturated rings. The van der Waals surface area contributed by atoms with Gasteiger partial charge >= 0.3 is 0 Å². The quantitative estimate of drug-likeness (QED) is 0.534. The Morgan fingerprint density at radius 2 is 1.93 bits per heavy atom. The third-order valence-electron chi connectivity index (χ3n) is 5.04. The second kappa shape index (κ2) is 8.27. The molecule has 3 atom stereocenters. The Balaban J connectivity index is 1.51. The highest BCUT2D eigenvalue weighted by Gasteiger charge is 2.36. The second-order valence-corrected chi connectivity index (χ2v) is 7.02. The lowest BCUT2D eigenvalue weighted by Gasteiger charge is -2.21. The Bertz CT molecular complexity index is 942. The number of nitrogens with one attached hydrogen (secondary N) is 1. The average Bonchev–Trinajstić information content (AvgIpc) is 3.35. The smallest absolute Gasteiger partial charge is 0.244 e. The van der Waals surface area contributed by atoms with Gasteiger partial charge in [-0.05, 0) is 36.2 Å². The van der Waals surface area contributed by atoms with Crippen molar-refractivity contribution in [3.63, 3.8) is 0 Å². The molecule has 1 saturated heterocycles. The van der Waals surface area contributed by atoms with Crippen molar-refractivity contribution in [3.8, 4) is 17.1 Å². The number of aliphatic hydroxyl groups is 1. The maximum atomic E-state index is 11.0. The number of likely N-dealkylation sites (tertiary alicyclic amines) is 1. The first-order valence-electron chi connectivity index (χ1n) is 9.26.